The van der Waals surface area contributed by atoms with E-state index in [1.807, 2.05) is 0 Å². The summed E-state index contributed by atoms with van der Waals surface area (Å²) in [6.07, 6.45) is 0. The lowest BCUT2D eigenvalue weighted by Crippen LogP contribution is -2.15. The first-order chi connectivity index (χ1) is 10.8. The first kappa shape index (κ1) is 16.7. The number of carboxylic acid groups (broad SMARTS) is 1. The highest BCUT2D eigenvalue weighted by Crippen LogP contribution is 2.26. The zero-order chi connectivity index (χ0) is 17.1. The molecule has 0 unspecified atom stereocenters. The van der Waals surface area contributed by atoms with Crippen molar-refractivity contribution in [1.82, 2.24) is 0 Å². The fraction of sp³-hybridized carbons (Fsp3) is 0. The monoisotopic (exact) mass is 354 g/mol. The lowest BCUT2D eigenvalue weighted by Gasteiger charge is -2.09. The van der Waals surface area contributed by atoms with Gasteiger partial charge in [0.1, 0.15) is 5.02 Å². The first-order valence-electron chi connectivity index (χ1n) is 6.07. The number of benzene rings is 2. The highest BCUT2D eigenvalue weighted by Gasteiger charge is 2.18. The van der Waals surface area contributed by atoms with Crippen LogP contribution < -0.4 is 5.32 Å². The van der Waals surface area contributed by atoms with E-state index in [1.54, 1.807) is 0 Å². The van der Waals surface area contributed by atoms with Gasteiger partial charge in [0.25, 0.3) is 11.6 Å². The summed E-state index contributed by atoms with van der Waals surface area (Å²) in [5.74, 6) is -1.98. The zero-order valence-electron chi connectivity index (χ0n) is 11.2. The summed E-state index contributed by atoms with van der Waals surface area (Å²) >= 11 is 11.5. The van der Waals surface area contributed by atoms with Crippen molar-refractivity contribution >= 4 is 46.5 Å². The van der Waals surface area contributed by atoms with Crippen LogP contribution in [0, 0.1) is 10.1 Å². The van der Waals surface area contributed by atoms with Crippen LogP contribution in [-0.2, 0) is 0 Å². The van der Waals surface area contributed by atoms with E-state index in [0.717, 1.165) is 6.07 Å². The Morgan fingerprint density at radius 1 is 1.13 bits per heavy atom. The van der Waals surface area contributed by atoms with Crippen LogP contribution in [0.15, 0.2) is 36.4 Å². The van der Waals surface area contributed by atoms with Crippen molar-refractivity contribution in [3.63, 3.8) is 0 Å². The van der Waals surface area contributed by atoms with Crippen LogP contribution in [0.5, 0.6) is 0 Å². The summed E-state index contributed by atoms with van der Waals surface area (Å²) in [6, 6.07) is 7.38. The molecule has 7 nitrogen and oxygen atoms in total. The van der Waals surface area contributed by atoms with E-state index >= 15 is 0 Å². The van der Waals surface area contributed by atoms with Gasteiger partial charge in [-0.3, -0.25) is 14.9 Å². The summed E-state index contributed by atoms with van der Waals surface area (Å²) in [5, 5.41) is 22.4. The fourth-order valence-corrected chi connectivity index (χ4v) is 2.15. The van der Waals surface area contributed by atoms with E-state index in [0.29, 0.717) is 0 Å². The smallest absolute Gasteiger partial charge is 0.337 e. The molecule has 0 atom stereocenters. The van der Waals surface area contributed by atoms with Crippen molar-refractivity contribution in [2.75, 3.05) is 5.32 Å². The molecule has 0 spiro atoms. The molecule has 0 saturated heterocycles. The number of hydrogen-bond acceptors (Lipinski definition) is 4. The molecule has 2 rings (SSSR count). The van der Waals surface area contributed by atoms with E-state index < -0.39 is 22.5 Å². The fourth-order valence-electron chi connectivity index (χ4n) is 1.79. The van der Waals surface area contributed by atoms with Crippen LogP contribution in [0.3, 0.4) is 0 Å². The second kappa shape index (κ2) is 6.64. The Morgan fingerprint density at radius 2 is 1.83 bits per heavy atom. The molecule has 0 bridgehead atoms. The molecule has 0 saturated carbocycles. The molecule has 1 amide bonds. The number of halogens is 2. The maximum absolute atomic E-state index is 12.2. The summed E-state index contributed by atoms with van der Waals surface area (Å²) in [4.78, 5) is 33.4. The van der Waals surface area contributed by atoms with Crippen molar-refractivity contribution in [3.05, 3.63) is 67.7 Å². The van der Waals surface area contributed by atoms with Gasteiger partial charge in [-0.05, 0) is 30.3 Å². The number of carboxylic acids is 1. The van der Waals surface area contributed by atoms with Crippen LogP contribution in [0.25, 0.3) is 0 Å². The van der Waals surface area contributed by atoms with Crippen LogP contribution >= 0.6 is 23.2 Å². The van der Waals surface area contributed by atoms with Crippen molar-refractivity contribution in [2.24, 2.45) is 0 Å². The van der Waals surface area contributed by atoms with Crippen LogP contribution in [0.2, 0.25) is 10.0 Å². The van der Waals surface area contributed by atoms with Gasteiger partial charge in [-0.15, -0.1) is 0 Å². The maximum Gasteiger partial charge on any atom is 0.337 e. The number of anilines is 1. The normalized spacial score (nSPS) is 10.2. The molecule has 0 aromatic heterocycles. The molecule has 0 aliphatic carbocycles. The third-order valence-corrected chi connectivity index (χ3v) is 3.42. The van der Waals surface area contributed by atoms with Gasteiger partial charge < -0.3 is 10.4 Å². The number of rotatable bonds is 4. The third kappa shape index (κ3) is 3.77. The van der Waals surface area contributed by atoms with Crippen LogP contribution in [0.4, 0.5) is 11.4 Å². The van der Waals surface area contributed by atoms with Crippen molar-refractivity contribution < 1.29 is 19.6 Å². The predicted octanol–water partition coefficient (Wildman–Crippen LogP) is 3.85. The topological polar surface area (TPSA) is 110 Å². The maximum atomic E-state index is 12.2. The van der Waals surface area contributed by atoms with Crippen molar-refractivity contribution in [1.29, 1.82) is 0 Å². The summed E-state index contributed by atoms with van der Waals surface area (Å²) in [6.45, 7) is 0. The van der Waals surface area contributed by atoms with E-state index in [-0.39, 0.29) is 26.9 Å². The number of nitrogens with zero attached hydrogens (tertiary/aromatic N) is 1. The Morgan fingerprint density at radius 3 is 2.43 bits per heavy atom. The molecular weight excluding hydrogens is 347 g/mol. The highest BCUT2D eigenvalue weighted by molar-refractivity contribution is 6.33. The molecule has 2 N–H and O–H groups in total. The molecule has 0 aliphatic rings. The molecule has 0 heterocycles. The highest BCUT2D eigenvalue weighted by atomic mass is 35.5. The third-order valence-electron chi connectivity index (χ3n) is 2.87. The number of carbonyl (C=O) groups is 2. The number of nitro groups is 1. The Kier molecular flexibility index (Phi) is 4.83. The Balaban J connectivity index is 2.37. The van der Waals surface area contributed by atoms with E-state index in [4.69, 9.17) is 28.3 Å². The second-order valence-electron chi connectivity index (χ2n) is 4.37. The Labute approximate surface area is 139 Å². The van der Waals surface area contributed by atoms with Gasteiger partial charge in [0.2, 0.25) is 0 Å². The molecule has 23 heavy (non-hydrogen) atoms. The molecule has 118 valence electrons. The lowest BCUT2D eigenvalue weighted by atomic mass is 10.1. The van der Waals surface area contributed by atoms with Gasteiger partial charge in [-0.1, -0.05) is 23.2 Å². The molecule has 2 aromatic carbocycles. The number of nitrogens with one attached hydrogen (secondary N) is 1. The average Bonchev–Trinajstić information content (AvgIpc) is 2.46. The summed E-state index contributed by atoms with van der Waals surface area (Å²) in [5.41, 5.74) is -0.653. The van der Waals surface area contributed by atoms with Crippen molar-refractivity contribution in [3.8, 4) is 0 Å². The lowest BCUT2D eigenvalue weighted by molar-refractivity contribution is -0.384. The minimum atomic E-state index is -1.25. The predicted molar refractivity (Wildman–Crippen MR) is 84.5 cm³/mol. The molecule has 9 heteroatoms. The average molecular weight is 355 g/mol. The first-order valence-corrected chi connectivity index (χ1v) is 6.83. The quantitative estimate of drug-likeness (QED) is 0.639. The summed E-state index contributed by atoms with van der Waals surface area (Å²) < 4.78 is 0. The van der Waals surface area contributed by atoms with E-state index in [2.05, 4.69) is 5.32 Å². The molecule has 0 radical (unpaired) electrons. The van der Waals surface area contributed by atoms with E-state index in [9.17, 15) is 19.7 Å². The number of aromatic carboxylic acids is 1. The van der Waals surface area contributed by atoms with Gasteiger partial charge in [0.15, 0.2) is 0 Å². The number of hydrogen-bond donors (Lipinski definition) is 2. The number of nitro benzene ring substituents is 1. The zero-order valence-corrected chi connectivity index (χ0v) is 12.8. The van der Waals surface area contributed by atoms with Crippen molar-refractivity contribution in [2.45, 2.75) is 0 Å². The SMILES string of the molecule is O=C(Nc1cc(Cl)ccc1C(=O)O)c1ccc(Cl)c([N+](=O)[O-])c1. The number of amides is 1. The van der Waals surface area contributed by atoms with Gasteiger partial charge in [-0.2, -0.15) is 0 Å². The van der Waals surface area contributed by atoms with Gasteiger partial charge >= 0.3 is 5.97 Å². The minimum absolute atomic E-state index is 0.0207. The minimum Gasteiger partial charge on any atom is -0.478 e. The van der Waals surface area contributed by atoms with Gasteiger partial charge in [-0.25, -0.2) is 4.79 Å². The Bertz CT molecular complexity index is 823. The van der Waals surface area contributed by atoms with Crippen LogP contribution in [0.1, 0.15) is 20.7 Å². The molecule has 0 fully saturated rings. The standard InChI is InChI=1S/C14H8Cl2N2O5/c15-8-2-3-9(14(20)21)11(6-8)17-13(19)7-1-4-10(16)12(5-7)18(22)23/h1-6H,(H,17,19)(H,20,21). The second-order valence-corrected chi connectivity index (χ2v) is 5.22. The molecular formula is C14H8Cl2N2O5. The molecule has 2 aromatic rings. The molecule has 0 aliphatic heterocycles. The number of carbonyl (C=O) groups excluding carboxylic acids is 1. The largest absolute Gasteiger partial charge is 0.478 e. The van der Waals surface area contributed by atoms with E-state index in [1.165, 1.54) is 30.3 Å². The van der Waals surface area contributed by atoms with Gasteiger partial charge in [0.05, 0.1) is 16.2 Å². The summed E-state index contributed by atoms with van der Waals surface area (Å²) in [7, 11) is 0. The Hall–Kier alpha value is -2.64. The van der Waals surface area contributed by atoms with Gasteiger partial charge in [0, 0.05) is 16.7 Å². The van der Waals surface area contributed by atoms with Crippen LogP contribution in [-0.4, -0.2) is 21.9 Å².